The van der Waals surface area contributed by atoms with Gasteiger partial charge in [-0.1, -0.05) is 44.0 Å². The van der Waals surface area contributed by atoms with E-state index in [1.807, 2.05) is 39.0 Å². The molecule has 2 unspecified atom stereocenters. The lowest BCUT2D eigenvalue weighted by Gasteiger charge is -2.34. The molecule has 7 nitrogen and oxygen atoms in total. The summed E-state index contributed by atoms with van der Waals surface area (Å²) >= 11 is 4.30. The molecule has 1 rings (SSSR count). The summed E-state index contributed by atoms with van der Waals surface area (Å²) in [6.45, 7) is 14.1. The molecule has 0 heterocycles. The maximum Gasteiger partial charge on any atom is 0.408 e. The van der Waals surface area contributed by atoms with Gasteiger partial charge in [-0.2, -0.15) is 12.6 Å². The van der Waals surface area contributed by atoms with Crippen molar-refractivity contribution in [2.75, 3.05) is 18.8 Å². The van der Waals surface area contributed by atoms with Gasteiger partial charge < -0.3 is 20.3 Å². The van der Waals surface area contributed by atoms with E-state index < -0.39 is 23.8 Å². The Hall–Kier alpha value is -2.22. The summed E-state index contributed by atoms with van der Waals surface area (Å²) in [5.41, 5.74) is 2.01. The third-order valence-corrected chi connectivity index (χ3v) is 5.40. The van der Waals surface area contributed by atoms with Gasteiger partial charge in [-0.05, 0) is 58.6 Å². The van der Waals surface area contributed by atoms with Crippen molar-refractivity contribution in [1.82, 2.24) is 15.5 Å². The van der Waals surface area contributed by atoms with Crippen molar-refractivity contribution in [3.05, 3.63) is 34.9 Å². The number of hydrogen-bond acceptors (Lipinski definition) is 5. The molecule has 0 spiro atoms. The Morgan fingerprint density at radius 1 is 1.12 bits per heavy atom. The predicted molar refractivity (Wildman–Crippen MR) is 136 cm³/mol. The Morgan fingerprint density at radius 3 is 2.33 bits per heavy atom. The van der Waals surface area contributed by atoms with Gasteiger partial charge in [0, 0.05) is 18.8 Å². The highest BCUT2D eigenvalue weighted by atomic mass is 32.1. The van der Waals surface area contributed by atoms with Gasteiger partial charge in [0.15, 0.2) is 0 Å². The zero-order valence-electron chi connectivity index (χ0n) is 21.2. The van der Waals surface area contributed by atoms with E-state index in [9.17, 15) is 14.4 Å². The number of carbonyl (C=O) groups excluding carboxylic acids is 3. The highest BCUT2D eigenvalue weighted by Crippen LogP contribution is 2.27. The molecule has 0 saturated carbocycles. The van der Waals surface area contributed by atoms with Crippen LogP contribution in [0.25, 0.3) is 0 Å². The van der Waals surface area contributed by atoms with E-state index in [4.69, 9.17) is 4.74 Å². The predicted octanol–water partition coefficient (Wildman–Crippen LogP) is 4.32. The maximum absolute atomic E-state index is 13.6. The monoisotopic (exact) mass is 479 g/mol. The number of nitrogens with one attached hydrogen (secondary N) is 2. The zero-order chi connectivity index (χ0) is 25.2. The largest absolute Gasteiger partial charge is 0.444 e. The van der Waals surface area contributed by atoms with Crippen molar-refractivity contribution in [2.45, 2.75) is 85.4 Å². The Kier molecular flexibility index (Phi) is 11.8. The van der Waals surface area contributed by atoms with Crippen LogP contribution in [0.2, 0.25) is 0 Å². The summed E-state index contributed by atoms with van der Waals surface area (Å²) < 4.78 is 5.32. The third-order valence-electron chi connectivity index (χ3n) is 5.04. The maximum atomic E-state index is 13.6. The molecule has 8 heteroatoms. The topological polar surface area (TPSA) is 87.7 Å². The normalized spacial score (nSPS) is 13.1. The number of rotatable bonds is 11. The highest BCUT2D eigenvalue weighted by Gasteiger charge is 2.36. The fraction of sp³-hybridized carbons (Fsp3) is 0.640. The first-order valence-corrected chi connectivity index (χ1v) is 12.3. The van der Waals surface area contributed by atoms with Crippen molar-refractivity contribution in [1.29, 1.82) is 0 Å². The first-order chi connectivity index (χ1) is 15.4. The smallest absolute Gasteiger partial charge is 0.408 e. The summed E-state index contributed by atoms with van der Waals surface area (Å²) in [7, 11) is 0. The first kappa shape index (κ1) is 28.8. The molecular weight excluding hydrogens is 438 g/mol. The van der Waals surface area contributed by atoms with E-state index in [0.717, 1.165) is 29.5 Å². The van der Waals surface area contributed by atoms with Gasteiger partial charge in [0.25, 0.3) is 0 Å². The molecule has 3 amide bonds. The molecule has 0 aliphatic rings. The molecule has 0 aliphatic carbocycles. The van der Waals surface area contributed by atoms with Crippen molar-refractivity contribution < 1.29 is 19.1 Å². The summed E-state index contributed by atoms with van der Waals surface area (Å²) in [5, 5.41) is 5.61. The van der Waals surface area contributed by atoms with Gasteiger partial charge >= 0.3 is 6.09 Å². The number of unbranched alkanes of at least 4 members (excludes halogenated alkanes) is 1. The number of hydrogen-bond donors (Lipinski definition) is 3. The standard InChI is InChI=1S/C25H41N3O4S/c1-8-10-13-26-22(29)21(19-15-17(3)11-12-18(19)4)28(14-9-2)23(30)20(16-33)27-24(31)32-25(5,6)7/h11-12,15,20-21,33H,8-10,13-14,16H2,1-7H3,(H,26,29)(H,27,31). The molecule has 0 aromatic heterocycles. The van der Waals surface area contributed by atoms with Gasteiger partial charge in [-0.25, -0.2) is 4.79 Å². The molecule has 0 aliphatic heterocycles. The van der Waals surface area contributed by atoms with Crippen molar-refractivity contribution in [3.8, 4) is 0 Å². The van der Waals surface area contributed by atoms with Crippen LogP contribution in [0.1, 0.15) is 76.6 Å². The quantitative estimate of drug-likeness (QED) is 0.326. The number of aryl methyl sites for hydroxylation is 2. The second-order valence-electron chi connectivity index (χ2n) is 9.32. The van der Waals surface area contributed by atoms with E-state index in [1.165, 1.54) is 0 Å². The summed E-state index contributed by atoms with van der Waals surface area (Å²) in [6, 6.07) is 4.16. The van der Waals surface area contributed by atoms with Crippen molar-refractivity contribution in [2.24, 2.45) is 0 Å². The lowest BCUT2D eigenvalue weighted by molar-refractivity contribution is -0.142. The molecule has 0 fully saturated rings. The summed E-state index contributed by atoms with van der Waals surface area (Å²) in [6.07, 6.45) is 1.77. The SMILES string of the molecule is CCCCNC(=O)C(c1cc(C)ccc1C)N(CCC)C(=O)C(CS)NC(=O)OC(C)(C)C. The summed E-state index contributed by atoms with van der Waals surface area (Å²) in [4.78, 5) is 40.9. The van der Waals surface area contributed by atoms with Crippen molar-refractivity contribution >= 4 is 30.5 Å². The van der Waals surface area contributed by atoms with Gasteiger partial charge in [-0.15, -0.1) is 0 Å². The number of ether oxygens (including phenoxy) is 1. The lowest BCUT2D eigenvalue weighted by atomic mass is 9.96. The van der Waals surface area contributed by atoms with Crippen LogP contribution in [0.5, 0.6) is 0 Å². The third kappa shape index (κ3) is 9.27. The Bertz CT molecular complexity index is 807. The summed E-state index contributed by atoms with van der Waals surface area (Å²) in [5.74, 6) is -0.515. The minimum atomic E-state index is -0.925. The molecule has 186 valence electrons. The van der Waals surface area contributed by atoms with Gasteiger partial charge in [0.05, 0.1) is 0 Å². The van der Waals surface area contributed by atoms with E-state index in [2.05, 4.69) is 30.2 Å². The second-order valence-corrected chi connectivity index (χ2v) is 9.69. The minimum absolute atomic E-state index is 0.0786. The van der Waals surface area contributed by atoms with Crippen LogP contribution in [0, 0.1) is 13.8 Å². The Balaban J connectivity index is 3.35. The van der Waals surface area contributed by atoms with Crippen LogP contribution < -0.4 is 10.6 Å². The van der Waals surface area contributed by atoms with Crippen LogP contribution in [0.15, 0.2) is 18.2 Å². The average molecular weight is 480 g/mol. The van der Waals surface area contributed by atoms with Gasteiger partial charge in [0.2, 0.25) is 11.8 Å². The van der Waals surface area contributed by atoms with Gasteiger partial charge in [0.1, 0.15) is 17.7 Å². The van der Waals surface area contributed by atoms with Crippen LogP contribution in [-0.2, 0) is 14.3 Å². The zero-order valence-corrected chi connectivity index (χ0v) is 22.1. The number of benzene rings is 1. The number of carbonyl (C=O) groups is 3. The number of amides is 3. The molecule has 1 aromatic rings. The highest BCUT2D eigenvalue weighted by molar-refractivity contribution is 7.80. The molecule has 0 bridgehead atoms. The fourth-order valence-electron chi connectivity index (χ4n) is 3.43. The Labute approximate surface area is 204 Å². The Morgan fingerprint density at radius 2 is 1.79 bits per heavy atom. The van der Waals surface area contributed by atoms with E-state index in [-0.39, 0.29) is 17.6 Å². The second kappa shape index (κ2) is 13.5. The molecule has 2 N–H and O–H groups in total. The van der Waals surface area contributed by atoms with Crippen molar-refractivity contribution in [3.63, 3.8) is 0 Å². The molecule has 0 radical (unpaired) electrons. The van der Waals surface area contributed by atoms with E-state index >= 15 is 0 Å². The van der Waals surface area contributed by atoms with Crippen LogP contribution in [0.3, 0.4) is 0 Å². The average Bonchev–Trinajstić information content (AvgIpc) is 2.72. The van der Waals surface area contributed by atoms with Crippen LogP contribution in [-0.4, -0.2) is 53.3 Å². The van der Waals surface area contributed by atoms with E-state index in [1.54, 1.807) is 25.7 Å². The number of alkyl carbamates (subject to hydrolysis) is 1. The molecular formula is C25H41N3O4S. The van der Waals surface area contributed by atoms with Gasteiger partial charge in [-0.3, -0.25) is 9.59 Å². The van der Waals surface area contributed by atoms with Crippen LogP contribution >= 0.6 is 12.6 Å². The number of nitrogens with zero attached hydrogens (tertiary/aromatic N) is 1. The first-order valence-electron chi connectivity index (χ1n) is 11.7. The number of thiol groups is 1. The van der Waals surface area contributed by atoms with Crippen LogP contribution in [0.4, 0.5) is 4.79 Å². The minimum Gasteiger partial charge on any atom is -0.444 e. The molecule has 2 atom stereocenters. The molecule has 33 heavy (non-hydrogen) atoms. The fourth-order valence-corrected chi connectivity index (χ4v) is 3.68. The molecule has 1 aromatic carbocycles. The molecule has 0 saturated heterocycles. The van der Waals surface area contributed by atoms with E-state index in [0.29, 0.717) is 19.5 Å². The lowest BCUT2D eigenvalue weighted by Crippen LogP contribution is -2.54.